The number of rotatable bonds is 9. The lowest BCUT2D eigenvalue weighted by Crippen LogP contribution is -2.40. The number of esters is 1. The highest BCUT2D eigenvalue weighted by atomic mass is 32.1. The van der Waals surface area contributed by atoms with E-state index in [0.717, 1.165) is 16.3 Å². The molecule has 0 spiro atoms. The van der Waals surface area contributed by atoms with E-state index >= 15 is 0 Å². The molecule has 1 aliphatic rings. The van der Waals surface area contributed by atoms with Gasteiger partial charge in [-0.25, -0.2) is 9.79 Å². The zero-order valence-corrected chi connectivity index (χ0v) is 26.8. The minimum atomic E-state index is -0.909. The summed E-state index contributed by atoms with van der Waals surface area (Å²) in [6.07, 6.45) is 1.75. The Hall–Kier alpha value is -5.35. The zero-order valence-electron chi connectivity index (χ0n) is 26.0. The molecule has 0 unspecified atom stereocenters. The lowest BCUT2D eigenvalue weighted by molar-refractivity contribution is -0.138. The van der Waals surface area contributed by atoms with Gasteiger partial charge in [0.25, 0.3) is 5.56 Å². The largest absolute Gasteiger partial charge is 0.496 e. The van der Waals surface area contributed by atoms with Gasteiger partial charge in [0, 0.05) is 11.1 Å². The third-order valence-electron chi connectivity index (χ3n) is 7.78. The third kappa shape index (κ3) is 5.30. The van der Waals surface area contributed by atoms with Gasteiger partial charge in [0.2, 0.25) is 5.75 Å². The number of thiazole rings is 1. The third-order valence-corrected chi connectivity index (χ3v) is 8.77. The Balaban J connectivity index is 1.72. The maximum absolute atomic E-state index is 14.5. The van der Waals surface area contributed by atoms with Gasteiger partial charge in [0.1, 0.15) is 11.8 Å². The topological polar surface area (TPSA) is 97.6 Å². The standard InChI is InChI=1S/C36H32N2O7S/c1-6-45-35(40)30-31(23-13-8-7-9-14-23)37-36-38(32(30)29-24-15-11-10-12-22(24)16-17-25(29)41-2)34(39)28(46-36)20-21-18-26(42-3)33(44-5)27(19-21)43-4/h7-20,32H,6H2,1-5H3/t32-/m1/s1. The minimum Gasteiger partial charge on any atom is -0.496 e. The fraction of sp³-hybridized carbons (Fsp3) is 0.194. The van der Waals surface area contributed by atoms with E-state index in [1.165, 1.54) is 32.7 Å². The quantitative estimate of drug-likeness (QED) is 0.207. The van der Waals surface area contributed by atoms with E-state index in [4.69, 9.17) is 28.7 Å². The van der Waals surface area contributed by atoms with Crippen molar-refractivity contribution in [3.05, 3.63) is 121 Å². The van der Waals surface area contributed by atoms with Crippen LogP contribution in [-0.2, 0) is 9.53 Å². The summed E-state index contributed by atoms with van der Waals surface area (Å²) in [7, 11) is 6.18. The Kier molecular flexibility index (Phi) is 8.63. The van der Waals surface area contributed by atoms with Crippen LogP contribution in [0.5, 0.6) is 23.0 Å². The molecule has 0 fully saturated rings. The van der Waals surface area contributed by atoms with Gasteiger partial charge in [-0.2, -0.15) is 0 Å². The molecule has 4 aromatic carbocycles. The van der Waals surface area contributed by atoms with Crippen LogP contribution < -0.4 is 33.8 Å². The number of carbonyl (C=O) groups is 1. The molecule has 5 aromatic rings. The highest BCUT2D eigenvalue weighted by Gasteiger charge is 2.37. The van der Waals surface area contributed by atoms with Crippen LogP contribution in [0.4, 0.5) is 0 Å². The van der Waals surface area contributed by atoms with Gasteiger partial charge < -0.3 is 23.7 Å². The normalized spacial score (nSPS) is 14.5. The monoisotopic (exact) mass is 636 g/mol. The van der Waals surface area contributed by atoms with E-state index in [9.17, 15) is 9.59 Å². The summed E-state index contributed by atoms with van der Waals surface area (Å²) in [5, 5.41) is 1.77. The van der Waals surface area contributed by atoms with Crippen molar-refractivity contribution in [3.8, 4) is 23.0 Å². The fourth-order valence-corrected chi connectivity index (χ4v) is 6.79. The van der Waals surface area contributed by atoms with E-state index in [2.05, 4.69) is 0 Å². The van der Waals surface area contributed by atoms with Crippen molar-refractivity contribution < 1.29 is 28.5 Å². The number of hydrogen-bond donors (Lipinski definition) is 0. The van der Waals surface area contributed by atoms with Gasteiger partial charge in [-0.05, 0) is 47.5 Å². The van der Waals surface area contributed by atoms with Gasteiger partial charge in [-0.15, -0.1) is 0 Å². The molecular formula is C36H32N2O7S. The van der Waals surface area contributed by atoms with Gasteiger partial charge in [-0.3, -0.25) is 9.36 Å². The molecular weight excluding hydrogens is 604 g/mol. The van der Waals surface area contributed by atoms with Gasteiger partial charge >= 0.3 is 5.97 Å². The van der Waals surface area contributed by atoms with Crippen LogP contribution >= 0.6 is 11.3 Å². The van der Waals surface area contributed by atoms with E-state index in [-0.39, 0.29) is 17.7 Å². The average molecular weight is 637 g/mol. The van der Waals surface area contributed by atoms with E-state index in [1.807, 2.05) is 66.7 Å². The number of methoxy groups -OCH3 is 4. The molecule has 0 amide bonds. The van der Waals surface area contributed by atoms with Crippen LogP contribution in [0.25, 0.3) is 22.5 Å². The number of carbonyl (C=O) groups excluding carboxylic acids is 1. The number of ether oxygens (including phenoxy) is 5. The molecule has 0 N–H and O–H groups in total. The second-order valence-corrected chi connectivity index (χ2v) is 11.3. The Morgan fingerprint density at radius 2 is 1.54 bits per heavy atom. The van der Waals surface area contributed by atoms with E-state index in [0.29, 0.717) is 49.2 Å². The summed E-state index contributed by atoms with van der Waals surface area (Å²) >= 11 is 1.22. The summed E-state index contributed by atoms with van der Waals surface area (Å²) in [4.78, 5) is 33.9. The molecule has 9 nitrogen and oxygen atoms in total. The Morgan fingerprint density at radius 1 is 0.870 bits per heavy atom. The maximum Gasteiger partial charge on any atom is 0.338 e. The molecule has 0 saturated heterocycles. The van der Waals surface area contributed by atoms with E-state index in [1.54, 1.807) is 36.8 Å². The van der Waals surface area contributed by atoms with Crippen molar-refractivity contribution in [2.24, 2.45) is 4.99 Å². The lowest BCUT2D eigenvalue weighted by atomic mass is 9.89. The average Bonchev–Trinajstić information content (AvgIpc) is 3.40. The summed E-state index contributed by atoms with van der Waals surface area (Å²) in [5.41, 5.74) is 2.39. The molecule has 1 aromatic heterocycles. The van der Waals surface area contributed by atoms with Crippen molar-refractivity contribution in [2.75, 3.05) is 35.0 Å². The number of fused-ring (bicyclic) bond motifs is 2. The molecule has 0 bridgehead atoms. The molecule has 0 saturated carbocycles. The maximum atomic E-state index is 14.5. The summed E-state index contributed by atoms with van der Waals surface area (Å²) in [6.45, 7) is 1.90. The molecule has 46 heavy (non-hydrogen) atoms. The first-order chi connectivity index (χ1) is 22.4. The molecule has 0 radical (unpaired) electrons. The first kappa shape index (κ1) is 30.7. The van der Waals surface area contributed by atoms with Crippen LogP contribution in [0.3, 0.4) is 0 Å². The van der Waals surface area contributed by atoms with Crippen molar-refractivity contribution in [1.82, 2.24) is 4.57 Å². The summed E-state index contributed by atoms with van der Waals surface area (Å²) in [5.74, 6) is 1.31. The van der Waals surface area contributed by atoms with Crippen LogP contribution in [-0.4, -0.2) is 45.6 Å². The highest BCUT2D eigenvalue weighted by molar-refractivity contribution is 7.07. The number of aromatic nitrogens is 1. The van der Waals surface area contributed by atoms with Gasteiger partial charge in [-0.1, -0.05) is 72.0 Å². The molecule has 1 atom stereocenters. The predicted octanol–water partition coefficient (Wildman–Crippen LogP) is 5.12. The number of hydrogen-bond acceptors (Lipinski definition) is 9. The second-order valence-electron chi connectivity index (χ2n) is 10.3. The van der Waals surface area contributed by atoms with Crippen LogP contribution in [0, 0.1) is 0 Å². The van der Waals surface area contributed by atoms with Gasteiger partial charge in [0.15, 0.2) is 16.3 Å². The van der Waals surface area contributed by atoms with E-state index < -0.39 is 12.0 Å². The van der Waals surface area contributed by atoms with Crippen LogP contribution in [0.15, 0.2) is 94.2 Å². The lowest BCUT2D eigenvalue weighted by Gasteiger charge is -2.28. The van der Waals surface area contributed by atoms with Crippen molar-refractivity contribution in [2.45, 2.75) is 13.0 Å². The molecule has 234 valence electrons. The van der Waals surface area contributed by atoms with Crippen LogP contribution in [0.1, 0.15) is 29.7 Å². The Morgan fingerprint density at radius 3 is 2.20 bits per heavy atom. The van der Waals surface area contributed by atoms with Crippen molar-refractivity contribution in [3.63, 3.8) is 0 Å². The summed E-state index contributed by atoms with van der Waals surface area (Å²) in [6, 6.07) is 23.7. The van der Waals surface area contributed by atoms with Crippen LogP contribution in [0.2, 0.25) is 0 Å². The van der Waals surface area contributed by atoms with Crippen molar-refractivity contribution in [1.29, 1.82) is 0 Å². The second kappa shape index (κ2) is 12.9. The van der Waals surface area contributed by atoms with Gasteiger partial charge in [0.05, 0.1) is 50.8 Å². The number of nitrogens with zero attached hydrogens (tertiary/aromatic N) is 2. The smallest absolute Gasteiger partial charge is 0.338 e. The molecule has 2 heterocycles. The Bertz CT molecular complexity index is 2140. The Labute approximate surface area is 269 Å². The first-order valence-electron chi connectivity index (χ1n) is 14.6. The highest BCUT2D eigenvalue weighted by Crippen LogP contribution is 2.42. The minimum absolute atomic E-state index is 0.148. The molecule has 0 aliphatic carbocycles. The molecule has 1 aliphatic heterocycles. The zero-order chi connectivity index (χ0) is 32.4. The fourth-order valence-electron chi connectivity index (χ4n) is 5.79. The first-order valence-corrected chi connectivity index (χ1v) is 15.4. The predicted molar refractivity (Wildman–Crippen MR) is 178 cm³/mol. The van der Waals surface area contributed by atoms with Crippen molar-refractivity contribution >= 4 is 39.9 Å². The molecule has 10 heteroatoms. The summed E-state index contributed by atoms with van der Waals surface area (Å²) < 4.78 is 30.1. The SMILES string of the molecule is CCOC(=O)C1=C(c2ccccc2)N=c2sc(=Cc3cc(OC)c(OC)c(OC)c3)c(=O)n2[C@@H]1c1c(OC)ccc2ccccc12. The molecule has 6 rings (SSSR count). The number of benzene rings is 4.